The molecular formula is C19H25N3O2. The van der Waals surface area contributed by atoms with Gasteiger partial charge in [-0.2, -0.15) is 0 Å². The summed E-state index contributed by atoms with van der Waals surface area (Å²) in [5.74, 6) is 0.610. The number of nitrogens with zero attached hydrogens (tertiary/aromatic N) is 3. The fourth-order valence-electron chi connectivity index (χ4n) is 3.24. The van der Waals surface area contributed by atoms with Gasteiger partial charge in [-0.15, -0.1) is 0 Å². The molecule has 1 amide bonds. The Morgan fingerprint density at radius 3 is 2.71 bits per heavy atom. The molecule has 1 aromatic carbocycles. The van der Waals surface area contributed by atoms with Crippen LogP contribution in [0, 0.1) is 0 Å². The summed E-state index contributed by atoms with van der Waals surface area (Å²) in [7, 11) is 0. The Hall–Kier alpha value is -2.14. The molecular weight excluding hydrogens is 302 g/mol. The Kier molecular flexibility index (Phi) is 5.30. The predicted octanol–water partition coefficient (Wildman–Crippen LogP) is 2.97. The highest BCUT2D eigenvalue weighted by Crippen LogP contribution is 2.18. The zero-order valence-corrected chi connectivity index (χ0v) is 14.4. The summed E-state index contributed by atoms with van der Waals surface area (Å²) in [6.45, 7) is 7.56. The van der Waals surface area contributed by atoms with Crippen LogP contribution in [0.1, 0.15) is 42.2 Å². The zero-order valence-electron chi connectivity index (χ0n) is 14.4. The lowest BCUT2D eigenvalue weighted by atomic mass is 10.1. The van der Waals surface area contributed by atoms with E-state index < -0.39 is 0 Å². The van der Waals surface area contributed by atoms with Crippen molar-refractivity contribution in [3.63, 3.8) is 0 Å². The van der Waals surface area contributed by atoms with E-state index >= 15 is 0 Å². The lowest BCUT2D eigenvalue weighted by Crippen LogP contribution is -2.54. The SMILES string of the molecule is CCc1nc(C(=O)N2CCN(Cc3ccccc3)CC2CC)co1. The number of hydrogen-bond acceptors (Lipinski definition) is 4. The highest BCUT2D eigenvalue weighted by molar-refractivity contribution is 5.92. The van der Waals surface area contributed by atoms with Crippen LogP contribution in [0.3, 0.4) is 0 Å². The summed E-state index contributed by atoms with van der Waals surface area (Å²) in [5.41, 5.74) is 1.75. The van der Waals surface area contributed by atoms with Gasteiger partial charge in [0.2, 0.25) is 0 Å². The average molecular weight is 327 g/mol. The van der Waals surface area contributed by atoms with Gasteiger partial charge in [-0.25, -0.2) is 4.98 Å². The van der Waals surface area contributed by atoms with Crippen molar-refractivity contribution in [1.29, 1.82) is 0 Å². The Labute approximate surface area is 143 Å². The van der Waals surface area contributed by atoms with E-state index in [2.05, 4.69) is 41.1 Å². The Morgan fingerprint density at radius 1 is 1.25 bits per heavy atom. The first kappa shape index (κ1) is 16.7. The van der Waals surface area contributed by atoms with Gasteiger partial charge in [-0.05, 0) is 12.0 Å². The summed E-state index contributed by atoms with van der Waals surface area (Å²) >= 11 is 0. The monoisotopic (exact) mass is 327 g/mol. The van der Waals surface area contributed by atoms with Gasteiger partial charge < -0.3 is 9.32 Å². The highest BCUT2D eigenvalue weighted by Gasteiger charge is 2.31. The third-order valence-corrected chi connectivity index (χ3v) is 4.62. The molecule has 0 spiro atoms. The summed E-state index contributed by atoms with van der Waals surface area (Å²) < 4.78 is 5.33. The smallest absolute Gasteiger partial charge is 0.276 e. The van der Waals surface area contributed by atoms with Gasteiger partial charge in [-0.1, -0.05) is 44.2 Å². The molecule has 1 atom stereocenters. The third-order valence-electron chi connectivity index (χ3n) is 4.62. The molecule has 3 rings (SSSR count). The van der Waals surface area contributed by atoms with Crippen molar-refractivity contribution in [3.8, 4) is 0 Å². The number of carbonyl (C=O) groups is 1. The number of aromatic nitrogens is 1. The molecule has 5 heteroatoms. The van der Waals surface area contributed by atoms with E-state index in [1.54, 1.807) is 0 Å². The van der Waals surface area contributed by atoms with Gasteiger partial charge in [0.05, 0.1) is 0 Å². The third kappa shape index (κ3) is 3.67. The van der Waals surface area contributed by atoms with Crippen molar-refractivity contribution in [2.45, 2.75) is 39.3 Å². The maximum Gasteiger partial charge on any atom is 0.276 e. The first-order chi connectivity index (χ1) is 11.7. The Morgan fingerprint density at radius 2 is 2.04 bits per heavy atom. The normalized spacial score (nSPS) is 18.8. The molecule has 2 aromatic rings. The van der Waals surface area contributed by atoms with Crippen LogP contribution in [0.2, 0.25) is 0 Å². The van der Waals surface area contributed by atoms with Crippen LogP contribution in [-0.2, 0) is 13.0 Å². The second kappa shape index (κ2) is 7.62. The van der Waals surface area contributed by atoms with Gasteiger partial charge in [0.15, 0.2) is 11.6 Å². The summed E-state index contributed by atoms with van der Waals surface area (Å²) in [6, 6.07) is 10.7. The molecule has 0 bridgehead atoms. The van der Waals surface area contributed by atoms with Crippen molar-refractivity contribution in [1.82, 2.24) is 14.8 Å². The van der Waals surface area contributed by atoms with E-state index in [-0.39, 0.29) is 11.9 Å². The molecule has 24 heavy (non-hydrogen) atoms. The molecule has 5 nitrogen and oxygen atoms in total. The van der Waals surface area contributed by atoms with Crippen LogP contribution in [0.15, 0.2) is 41.0 Å². The molecule has 0 radical (unpaired) electrons. The minimum atomic E-state index is -0.00957. The van der Waals surface area contributed by atoms with Gasteiger partial charge in [0.25, 0.3) is 5.91 Å². The number of rotatable bonds is 5. The molecule has 1 aliphatic rings. The zero-order chi connectivity index (χ0) is 16.9. The maximum absolute atomic E-state index is 12.7. The van der Waals surface area contributed by atoms with E-state index in [0.717, 1.165) is 32.6 Å². The number of oxazole rings is 1. The predicted molar refractivity (Wildman–Crippen MR) is 92.7 cm³/mol. The first-order valence-corrected chi connectivity index (χ1v) is 8.73. The average Bonchev–Trinajstić information content (AvgIpc) is 3.11. The van der Waals surface area contributed by atoms with Crippen LogP contribution >= 0.6 is 0 Å². The van der Waals surface area contributed by atoms with Crippen molar-refractivity contribution < 1.29 is 9.21 Å². The van der Waals surface area contributed by atoms with Crippen LogP contribution in [0.5, 0.6) is 0 Å². The van der Waals surface area contributed by atoms with E-state index in [1.165, 1.54) is 11.8 Å². The Balaban J connectivity index is 1.65. The van der Waals surface area contributed by atoms with E-state index in [1.807, 2.05) is 17.9 Å². The number of aryl methyl sites for hydroxylation is 1. The van der Waals surface area contributed by atoms with E-state index in [4.69, 9.17) is 4.42 Å². The lowest BCUT2D eigenvalue weighted by molar-refractivity contribution is 0.0424. The molecule has 128 valence electrons. The van der Waals surface area contributed by atoms with Gasteiger partial charge in [0, 0.05) is 38.6 Å². The minimum absolute atomic E-state index is 0.00957. The van der Waals surface area contributed by atoms with Crippen molar-refractivity contribution in [2.24, 2.45) is 0 Å². The van der Waals surface area contributed by atoms with Crippen molar-refractivity contribution >= 4 is 5.91 Å². The van der Waals surface area contributed by atoms with E-state index in [0.29, 0.717) is 18.0 Å². The molecule has 1 saturated heterocycles. The molecule has 1 fully saturated rings. The summed E-state index contributed by atoms with van der Waals surface area (Å²) in [5, 5.41) is 0. The quantitative estimate of drug-likeness (QED) is 0.847. The van der Waals surface area contributed by atoms with Crippen LogP contribution in [0.25, 0.3) is 0 Å². The molecule has 2 heterocycles. The maximum atomic E-state index is 12.7. The van der Waals surface area contributed by atoms with Crippen molar-refractivity contribution in [3.05, 3.63) is 53.7 Å². The molecule has 1 unspecified atom stereocenters. The highest BCUT2D eigenvalue weighted by atomic mass is 16.3. The van der Waals surface area contributed by atoms with Gasteiger partial charge in [0.1, 0.15) is 6.26 Å². The summed E-state index contributed by atoms with van der Waals surface area (Å²) in [4.78, 5) is 21.4. The van der Waals surface area contributed by atoms with Crippen LogP contribution in [-0.4, -0.2) is 46.4 Å². The minimum Gasteiger partial charge on any atom is -0.448 e. The number of carbonyl (C=O) groups excluding carboxylic acids is 1. The van der Waals surface area contributed by atoms with Crippen LogP contribution in [0.4, 0.5) is 0 Å². The topological polar surface area (TPSA) is 49.6 Å². The fraction of sp³-hybridized carbons (Fsp3) is 0.474. The molecule has 0 saturated carbocycles. The van der Waals surface area contributed by atoms with Crippen LogP contribution < -0.4 is 0 Å². The number of benzene rings is 1. The number of hydrogen-bond donors (Lipinski definition) is 0. The summed E-state index contributed by atoms with van der Waals surface area (Å²) in [6.07, 6.45) is 3.13. The van der Waals surface area contributed by atoms with Gasteiger partial charge >= 0.3 is 0 Å². The number of amides is 1. The second-order valence-corrected chi connectivity index (χ2v) is 6.26. The number of piperazine rings is 1. The fourth-order valence-corrected chi connectivity index (χ4v) is 3.24. The standard InChI is InChI=1S/C19H25N3O2/c1-3-16-13-21(12-15-8-6-5-7-9-15)10-11-22(16)19(23)17-14-24-18(4-2)20-17/h5-9,14,16H,3-4,10-13H2,1-2H3. The lowest BCUT2D eigenvalue weighted by Gasteiger charge is -2.41. The molecule has 1 aliphatic heterocycles. The van der Waals surface area contributed by atoms with E-state index in [9.17, 15) is 4.79 Å². The second-order valence-electron chi connectivity index (χ2n) is 6.26. The van der Waals surface area contributed by atoms with Crippen molar-refractivity contribution in [2.75, 3.05) is 19.6 Å². The molecule has 0 N–H and O–H groups in total. The Bertz CT molecular complexity index is 668. The van der Waals surface area contributed by atoms with Gasteiger partial charge in [-0.3, -0.25) is 9.69 Å². The first-order valence-electron chi connectivity index (χ1n) is 8.73. The molecule has 1 aromatic heterocycles. The largest absolute Gasteiger partial charge is 0.448 e. The molecule has 0 aliphatic carbocycles.